The molecule has 0 aromatic carbocycles. The van der Waals surface area contributed by atoms with Crippen LogP contribution in [0.5, 0.6) is 0 Å². The zero-order valence-corrected chi connectivity index (χ0v) is 8.72. The molecular weight excluding hydrogens is 212 g/mol. The van der Waals surface area contributed by atoms with Crippen molar-refractivity contribution in [2.45, 2.75) is 4.21 Å². The fraction of sp³-hybridized carbons (Fsp3) is 0.143. The molecule has 5 heteroatoms. The third-order valence-corrected chi connectivity index (χ3v) is 5.50. The van der Waals surface area contributed by atoms with Gasteiger partial charge in [-0.1, -0.05) is 0 Å². The Morgan fingerprint density at radius 3 is 2.75 bits per heavy atom. The van der Waals surface area contributed by atoms with E-state index in [1.54, 1.807) is 17.4 Å². The summed E-state index contributed by atoms with van der Waals surface area (Å²) in [5.74, 6) is 0. The van der Waals surface area contributed by atoms with Gasteiger partial charge in [-0.15, -0.1) is 22.7 Å². The van der Waals surface area contributed by atoms with E-state index in [4.69, 9.17) is 0 Å². The first-order chi connectivity index (χ1) is 5.57. The summed E-state index contributed by atoms with van der Waals surface area (Å²) in [5.41, 5.74) is 0. The number of thiophene rings is 2. The second kappa shape index (κ2) is 2.55. The van der Waals surface area contributed by atoms with Gasteiger partial charge in [0.25, 0.3) is 0 Å². The van der Waals surface area contributed by atoms with Gasteiger partial charge in [-0.2, -0.15) is 0 Å². The number of hydrogen-bond acceptors (Lipinski definition) is 4. The van der Waals surface area contributed by atoms with E-state index in [2.05, 4.69) is 0 Å². The van der Waals surface area contributed by atoms with Gasteiger partial charge in [0, 0.05) is 11.6 Å². The number of rotatable bonds is 1. The predicted octanol–water partition coefficient (Wildman–Crippen LogP) is 2.37. The van der Waals surface area contributed by atoms with Gasteiger partial charge in [-0.05, 0) is 17.5 Å². The zero-order valence-electron chi connectivity index (χ0n) is 6.27. The average Bonchev–Trinajstić information content (AvgIpc) is 2.37. The van der Waals surface area contributed by atoms with Crippen LogP contribution in [0.2, 0.25) is 0 Å². The van der Waals surface area contributed by atoms with Crippen LogP contribution in [0.15, 0.2) is 21.7 Å². The molecule has 0 fully saturated rings. The second-order valence-corrected chi connectivity index (χ2v) is 6.97. The Kier molecular flexibility index (Phi) is 1.75. The lowest BCUT2D eigenvalue weighted by Crippen LogP contribution is -1.91. The molecule has 0 radical (unpaired) electrons. The Balaban J connectivity index is 2.75. The van der Waals surface area contributed by atoms with Gasteiger partial charge in [0.2, 0.25) is 0 Å². The first-order valence-electron chi connectivity index (χ1n) is 3.24. The first kappa shape index (κ1) is 8.22. The fourth-order valence-electron chi connectivity index (χ4n) is 0.926. The van der Waals surface area contributed by atoms with E-state index in [0.29, 0.717) is 4.21 Å². The lowest BCUT2D eigenvalue weighted by atomic mass is 10.4. The van der Waals surface area contributed by atoms with Crippen molar-refractivity contribution >= 4 is 41.9 Å². The van der Waals surface area contributed by atoms with Gasteiger partial charge in [0.05, 0.1) is 4.01 Å². The molecule has 0 unspecified atom stereocenters. The molecule has 2 rings (SSSR count). The maximum Gasteiger partial charge on any atom is 0.184 e. The van der Waals surface area contributed by atoms with Gasteiger partial charge in [-0.25, -0.2) is 8.42 Å². The predicted molar refractivity (Wildman–Crippen MR) is 52.8 cm³/mol. The fourth-order valence-corrected chi connectivity index (χ4v) is 4.12. The molecule has 2 aromatic rings. The minimum atomic E-state index is -3.01. The highest BCUT2D eigenvalue weighted by Crippen LogP contribution is 2.32. The smallest absolute Gasteiger partial charge is 0.184 e. The Morgan fingerprint density at radius 2 is 2.17 bits per heavy atom. The van der Waals surface area contributed by atoms with E-state index in [1.165, 1.54) is 17.6 Å². The molecule has 0 spiro atoms. The van der Waals surface area contributed by atoms with Crippen molar-refractivity contribution in [3.05, 3.63) is 17.5 Å². The summed E-state index contributed by atoms with van der Waals surface area (Å²) in [6.45, 7) is 0. The second-order valence-electron chi connectivity index (χ2n) is 2.50. The normalized spacial score (nSPS) is 12.4. The van der Waals surface area contributed by atoms with Gasteiger partial charge >= 0.3 is 0 Å². The molecule has 0 N–H and O–H groups in total. The standard InChI is InChI=1S/C7H6O2S3/c1-12(8,9)6-4-5-2-3-10-7(5)11-6/h2-4H,1H3. The van der Waals surface area contributed by atoms with Crippen LogP contribution in [0.3, 0.4) is 0 Å². The molecule has 0 aliphatic rings. The average molecular weight is 218 g/mol. The van der Waals surface area contributed by atoms with E-state index in [0.717, 1.165) is 9.40 Å². The summed E-state index contributed by atoms with van der Waals surface area (Å²) in [6.07, 6.45) is 1.24. The molecule has 0 aliphatic carbocycles. The third-order valence-electron chi connectivity index (χ3n) is 1.49. The SMILES string of the molecule is CS(=O)(=O)c1cc2ccsc2s1. The Bertz CT molecular complexity index is 475. The molecule has 0 saturated carbocycles. The molecule has 12 heavy (non-hydrogen) atoms. The molecule has 64 valence electrons. The van der Waals surface area contributed by atoms with Gasteiger partial charge in [0.1, 0.15) is 4.21 Å². The molecule has 2 heterocycles. The lowest BCUT2D eigenvalue weighted by molar-refractivity contribution is 0.604. The molecule has 0 bridgehead atoms. The summed E-state index contributed by atoms with van der Waals surface area (Å²) in [5, 5.41) is 3.00. The number of fused-ring (bicyclic) bond motifs is 1. The molecule has 2 nitrogen and oxygen atoms in total. The van der Waals surface area contributed by atoms with Crippen LogP contribution in [-0.2, 0) is 9.84 Å². The summed E-state index contributed by atoms with van der Waals surface area (Å²) >= 11 is 2.92. The highest BCUT2D eigenvalue weighted by atomic mass is 32.2. The molecule has 0 atom stereocenters. The van der Waals surface area contributed by atoms with E-state index in [9.17, 15) is 8.42 Å². The lowest BCUT2D eigenvalue weighted by Gasteiger charge is -1.87. The van der Waals surface area contributed by atoms with Gasteiger partial charge in [-0.3, -0.25) is 0 Å². The Morgan fingerprint density at radius 1 is 1.42 bits per heavy atom. The molecule has 2 aromatic heterocycles. The van der Waals surface area contributed by atoms with Crippen molar-refractivity contribution in [1.82, 2.24) is 0 Å². The zero-order chi connectivity index (χ0) is 8.77. The van der Waals surface area contributed by atoms with Crippen LogP contribution in [0.4, 0.5) is 0 Å². The highest BCUT2D eigenvalue weighted by molar-refractivity contribution is 7.93. The van der Waals surface area contributed by atoms with Crippen LogP contribution < -0.4 is 0 Å². The van der Waals surface area contributed by atoms with E-state index < -0.39 is 9.84 Å². The quantitative estimate of drug-likeness (QED) is 0.736. The van der Waals surface area contributed by atoms with Crippen molar-refractivity contribution in [3.8, 4) is 0 Å². The molecule has 0 amide bonds. The summed E-state index contributed by atoms with van der Waals surface area (Å²) in [7, 11) is -3.01. The summed E-state index contributed by atoms with van der Waals surface area (Å²) in [6, 6.07) is 3.66. The first-order valence-corrected chi connectivity index (χ1v) is 6.83. The van der Waals surface area contributed by atoms with Crippen molar-refractivity contribution in [2.75, 3.05) is 6.26 Å². The molecule has 0 saturated heterocycles. The van der Waals surface area contributed by atoms with Crippen molar-refractivity contribution in [2.24, 2.45) is 0 Å². The highest BCUT2D eigenvalue weighted by Gasteiger charge is 2.11. The van der Waals surface area contributed by atoms with Crippen molar-refractivity contribution < 1.29 is 8.42 Å². The van der Waals surface area contributed by atoms with Gasteiger partial charge < -0.3 is 0 Å². The van der Waals surface area contributed by atoms with Crippen LogP contribution in [0.25, 0.3) is 9.40 Å². The van der Waals surface area contributed by atoms with E-state index >= 15 is 0 Å². The van der Waals surface area contributed by atoms with Crippen LogP contribution in [0, 0.1) is 0 Å². The topological polar surface area (TPSA) is 34.1 Å². The third kappa shape index (κ3) is 1.28. The Labute approximate surface area is 78.4 Å². The summed E-state index contributed by atoms with van der Waals surface area (Å²) in [4.78, 5) is 0. The van der Waals surface area contributed by atoms with E-state index in [-0.39, 0.29) is 0 Å². The monoisotopic (exact) mass is 218 g/mol. The van der Waals surface area contributed by atoms with Crippen LogP contribution in [0.1, 0.15) is 0 Å². The van der Waals surface area contributed by atoms with Crippen molar-refractivity contribution in [3.63, 3.8) is 0 Å². The minimum absolute atomic E-state index is 0.462. The Hall–Kier alpha value is -0.390. The summed E-state index contributed by atoms with van der Waals surface area (Å²) < 4.78 is 23.8. The number of hydrogen-bond donors (Lipinski definition) is 0. The van der Waals surface area contributed by atoms with Crippen LogP contribution in [-0.4, -0.2) is 14.7 Å². The van der Waals surface area contributed by atoms with Gasteiger partial charge in [0.15, 0.2) is 9.84 Å². The van der Waals surface area contributed by atoms with Crippen LogP contribution >= 0.6 is 22.7 Å². The van der Waals surface area contributed by atoms with Crippen molar-refractivity contribution in [1.29, 1.82) is 0 Å². The maximum absolute atomic E-state index is 11.1. The largest absolute Gasteiger partial charge is 0.223 e. The molecule has 0 aliphatic heterocycles. The number of sulfone groups is 1. The molecular formula is C7H6O2S3. The maximum atomic E-state index is 11.1. The minimum Gasteiger partial charge on any atom is -0.223 e. The van der Waals surface area contributed by atoms with E-state index in [1.807, 2.05) is 11.4 Å².